The molecule has 0 saturated heterocycles. The number of carbonyl (C=O) groups excluding carboxylic acids is 1. The quantitative estimate of drug-likeness (QED) is 0.801. The van der Waals surface area contributed by atoms with Gasteiger partial charge in [0.25, 0.3) is 5.91 Å². The molecule has 3 aromatic rings. The highest BCUT2D eigenvalue weighted by Crippen LogP contribution is 2.18. The van der Waals surface area contributed by atoms with E-state index in [1.54, 1.807) is 12.1 Å². The second-order valence-electron chi connectivity index (χ2n) is 4.79. The van der Waals surface area contributed by atoms with Crippen LogP contribution in [0.3, 0.4) is 0 Å². The summed E-state index contributed by atoms with van der Waals surface area (Å²) < 4.78 is 32.3. The largest absolute Gasteiger partial charge is 0.444 e. The van der Waals surface area contributed by atoms with Crippen LogP contribution in [-0.4, -0.2) is 10.9 Å². The van der Waals surface area contributed by atoms with Gasteiger partial charge in [-0.2, -0.15) is 0 Å². The molecule has 4 nitrogen and oxygen atoms in total. The molecule has 6 heteroatoms. The molecule has 1 amide bonds. The van der Waals surface area contributed by atoms with E-state index in [0.29, 0.717) is 5.89 Å². The summed E-state index contributed by atoms with van der Waals surface area (Å²) in [4.78, 5) is 16.1. The second kappa shape index (κ2) is 6.39. The molecule has 2 aromatic carbocycles. The Kier molecular flexibility index (Phi) is 4.14. The van der Waals surface area contributed by atoms with Gasteiger partial charge in [0.15, 0.2) is 5.69 Å². The Balaban J connectivity index is 1.71. The van der Waals surface area contributed by atoms with Gasteiger partial charge in [-0.3, -0.25) is 4.79 Å². The third kappa shape index (κ3) is 3.26. The van der Waals surface area contributed by atoms with Gasteiger partial charge in [-0.05, 0) is 24.3 Å². The van der Waals surface area contributed by atoms with E-state index in [0.717, 1.165) is 17.7 Å². The van der Waals surface area contributed by atoms with Crippen molar-refractivity contribution in [3.05, 3.63) is 77.7 Å². The van der Waals surface area contributed by atoms with Crippen LogP contribution < -0.4 is 5.32 Å². The fraction of sp³-hybridized carbons (Fsp3) is 0.0588. The van der Waals surface area contributed by atoms with E-state index in [9.17, 15) is 13.6 Å². The molecule has 0 aliphatic heterocycles. The minimum Gasteiger partial charge on any atom is -0.444 e. The minimum absolute atomic E-state index is 0.0422. The van der Waals surface area contributed by atoms with Crippen molar-refractivity contribution in [2.75, 3.05) is 0 Å². The Hall–Kier alpha value is -3.02. The summed E-state index contributed by atoms with van der Waals surface area (Å²) in [6.45, 7) is -0.273. The van der Waals surface area contributed by atoms with Gasteiger partial charge in [0.1, 0.15) is 17.9 Å². The molecule has 0 spiro atoms. The maximum Gasteiger partial charge on any atom is 0.273 e. The first-order chi connectivity index (χ1) is 11.1. The highest BCUT2D eigenvalue weighted by Gasteiger charge is 2.15. The molecule has 0 unspecified atom stereocenters. The summed E-state index contributed by atoms with van der Waals surface area (Å²) in [5.74, 6) is -1.70. The number of aromatic nitrogens is 1. The number of carbonyl (C=O) groups is 1. The lowest BCUT2D eigenvalue weighted by Crippen LogP contribution is -2.24. The van der Waals surface area contributed by atoms with E-state index in [1.807, 2.05) is 18.2 Å². The lowest BCUT2D eigenvalue weighted by atomic mass is 10.2. The lowest BCUT2D eigenvalue weighted by Gasteiger charge is -2.05. The molecule has 0 atom stereocenters. The highest BCUT2D eigenvalue weighted by molar-refractivity contribution is 5.92. The lowest BCUT2D eigenvalue weighted by molar-refractivity contribution is 0.0945. The van der Waals surface area contributed by atoms with Crippen LogP contribution in [-0.2, 0) is 6.54 Å². The Morgan fingerprint density at radius 2 is 1.74 bits per heavy atom. The molecule has 0 aliphatic carbocycles. The molecule has 3 rings (SSSR count). The van der Waals surface area contributed by atoms with Crippen molar-refractivity contribution in [2.45, 2.75) is 6.54 Å². The summed E-state index contributed by atoms with van der Waals surface area (Å²) in [5.41, 5.74) is 0.569. The molecule has 1 aromatic heterocycles. The van der Waals surface area contributed by atoms with Crippen LogP contribution in [0.5, 0.6) is 0 Å². The molecular weight excluding hydrogens is 302 g/mol. The number of oxazole rings is 1. The van der Waals surface area contributed by atoms with Crippen molar-refractivity contribution in [1.29, 1.82) is 0 Å². The van der Waals surface area contributed by atoms with E-state index in [2.05, 4.69) is 10.3 Å². The number of rotatable bonds is 4. The first-order valence-electron chi connectivity index (χ1n) is 6.87. The average Bonchev–Trinajstić information content (AvgIpc) is 3.05. The van der Waals surface area contributed by atoms with Crippen LogP contribution in [0.1, 0.15) is 16.1 Å². The monoisotopic (exact) mass is 314 g/mol. The molecule has 1 N–H and O–H groups in total. The molecule has 0 aliphatic rings. The van der Waals surface area contributed by atoms with Crippen LogP contribution >= 0.6 is 0 Å². The van der Waals surface area contributed by atoms with E-state index in [-0.39, 0.29) is 17.8 Å². The van der Waals surface area contributed by atoms with Gasteiger partial charge >= 0.3 is 0 Å². The SMILES string of the molecule is O=C(NCc1c(F)cccc1F)c1coc(-c2ccccc2)n1. The molecule has 0 bridgehead atoms. The van der Waals surface area contributed by atoms with E-state index >= 15 is 0 Å². The van der Waals surface area contributed by atoms with Gasteiger partial charge in [-0.15, -0.1) is 0 Å². The molecule has 23 heavy (non-hydrogen) atoms. The first kappa shape index (κ1) is 14.9. The number of hydrogen-bond acceptors (Lipinski definition) is 3. The number of hydrogen-bond donors (Lipinski definition) is 1. The first-order valence-corrected chi connectivity index (χ1v) is 6.87. The third-order valence-electron chi connectivity index (χ3n) is 3.24. The summed E-state index contributed by atoms with van der Waals surface area (Å²) >= 11 is 0. The number of benzene rings is 2. The molecule has 1 heterocycles. The van der Waals surface area contributed by atoms with Crippen molar-refractivity contribution < 1.29 is 18.0 Å². The van der Waals surface area contributed by atoms with Crippen molar-refractivity contribution >= 4 is 5.91 Å². The molecule has 0 radical (unpaired) electrons. The van der Waals surface area contributed by atoms with Gasteiger partial charge in [-0.1, -0.05) is 24.3 Å². The van der Waals surface area contributed by atoms with E-state index in [4.69, 9.17) is 4.42 Å². The van der Waals surface area contributed by atoms with E-state index in [1.165, 1.54) is 12.3 Å². The molecule has 116 valence electrons. The van der Waals surface area contributed by atoms with Gasteiger partial charge in [0, 0.05) is 17.7 Å². The predicted octanol–water partition coefficient (Wildman–Crippen LogP) is 3.55. The number of nitrogens with one attached hydrogen (secondary N) is 1. The van der Waals surface area contributed by atoms with Crippen LogP contribution in [0.2, 0.25) is 0 Å². The Labute approximate surface area is 130 Å². The zero-order chi connectivity index (χ0) is 16.2. The maximum absolute atomic E-state index is 13.5. The Morgan fingerprint density at radius 3 is 2.43 bits per heavy atom. The summed E-state index contributed by atoms with van der Waals surface area (Å²) in [6.07, 6.45) is 1.20. The van der Waals surface area contributed by atoms with Crippen molar-refractivity contribution in [2.24, 2.45) is 0 Å². The smallest absolute Gasteiger partial charge is 0.273 e. The van der Waals surface area contributed by atoms with Gasteiger partial charge in [0.2, 0.25) is 5.89 Å². The fourth-order valence-electron chi connectivity index (χ4n) is 2.05. The molecule has 0 saturated carbocycles. The minimum atomic E-state index is -0.713. The van der Waals surface area contributed by atoms with E-state index < -0.39 is 17.5 Å². The standard InChI is InChI=1S/C17H12F2N2O2/c18-13-7-4-8-14(19)12(13)9-20-16(22)15-10-23-17(21-15)11-5-2-1-3-6-11/h1-8,10H,9H2,(H,20,22). The summed E-state index contributed by atoms with van der Waals surface area (Å²) in [5, 5.41) is 2.42. The molecular formula is C17H12F2N2O2. The fourth-order valence-corrected chi connectivity index (χ4v) is 2.05. The van der Waals surface area contributed by atoms with Gasteiger partial charge in [-0.25, -0.2) is 13.8 Å². The van der Waals surface area contributed by atoms with Crippen LogP contribution in [0, 0.1) is 11.6 Å². The Morgan fingerprint density at radius 1 is 1.04 bits per heavy atom. The van der Waals surface area contributed by atoms with Crippen molar-refractivity contribution in [1.82, 2.24) is 10.3 Å². The highest BCUT2D eigenvalue weighted by atomic mass is 19.1. The number of nitrogens with zero attached hydrogens (tertiary/aromatic N) is 1. The van der Waals surface area contributed by atoms with Crippen LogP contribution in [0.15, 0.2) is 59.2 Å². The van der Waals surface area contributed by atoms with Gasteiger partial charge < -0.3 is 9.73 Å². The summed E-state index contributed by atoms with van der Waals surface area (Å²) in [6, 6.07) is 12.6. The van der Waals surface area contributed by atoms with Crippen LogP contribution in [0.4, 0.5) is 8.78 Å². The second-order valence-corrected chi connectivity index (χ2v) is 4.79. The zero-order valence-corrected chi connectivity index (χ0v) is 11.9. The average molecular weight is 314 g/mol. The summed E-state index contributed by atoms with van der Waals surface area (Å²) in [7, 11) is 0. The predicted molar refractivity (Wildman–Crippen MR) is 79.5 cm³/mol. The van der Waals surface area contributed by atoms with Crippen molar-refractivity contribution in [3.63, 3.8) is 0 Å². The Bertz CT molecular complexity index is 811. The van der Waals surface area contributed by atoms with Crippen LogP contribution in [0.25, 0.3) is 11.5 Å². The topological polar surface area (TPSA) is 55.1 Å². The third-order valence-corrected chi connectivity index (χ3v) is 3.24. The number of amides is 1. The number of halogens is 2. The van der Waals surface area contributed by atoms with Gasteiger partial charge in [0.05, 0.1) is 0 Å². The zero-order valence-electron chi connectivity index (χ0n) is 11.9. The molecule has 0 fully saturated rings. The van der Waals surface area contributed by atoms with Crippen molar-refractivity contribution in [3.8, 4) is 11.5 Å². The normalized spacial score (nSPS) is 10.5. The maximum atomic E-state index is 13.5.